The molecule has 1 saturated heterocycles. The molecule has 0 radical (unpaired) electrons. The number of rotatable bonds is 6. The summed E-state index contributed by atoms with van der Waals surface area (Å²) in [6.45, 7) is 5.94. The number of sulfonamides is 1. The third-order valence-electron chi connectivity index (χ3n) is 3.81. The summed E-state index contributed by atoms with van der Waals surface area (Å²) in [6.07, 6.45) is 2.84. The van der Waals surface area contributed by atoms with E-state index in [1.807, 2.05) is 13.8 Å². The van der Waals surface area contributed by atoms with Gasteiger partial charge in [0.05, 0.1) is 24.1 Å². The molecular formula is C13H23N5O5S. The van der Waals surface area contributed by atoms with E-state index < -0.39 is 16.1 Å². The Kier molecular flexibility index (Phi) is 5.99. The molecular weight excluding hydrogens is 338 g/mol. The molecule has 10 nitrogen and oxygen atoms in total. The van der Waals surface area contributed by atoms with E-state index in [4.69, 9.17) is 9.26 Å². The van der Waals surface area contributed by atoms with Gasteiger partial charge in [-0.15, -0.1) is 0 Å². The maximum atomic E-state index is 11.6. The highest BCUT2D eigenvalue weighted by molar-refractivity contribution is 7.88. The van der Waals surface area contributed by atoms with Crippen LogP contribution in [-0.4, -0.2) is 63.1 Å². The second kappa shape index (κ2) is 7.79. The van der Waals surface area contributed by atoms with Gasteiger partial charge in [-0.3, -0.25) is 4.52 Å². The van der Waals surface area contributed by atoms with E-state index in [0.717, 1.165) is 6.42 Å². The number of nitrogens with zero attached hydrogens (tertiary/aromatic N) is 5. The van der Waals surface area contributed by atoms with Crippen LogP contribution in [0.15, 0.2) is 15.7 Å². The Morgan fingerprint density at radius 2 is 2.17 bits per heavy atom. The van der Waals surface area contributed by atoms with Crippen molar-refractivity contribution in [3.8, 4) is 0 Å². The van der Waals surface area contributed by atoms with E-state index in [0.29, 0.717) is 32.8 Å². The number of hydrogen-bond acceptors (Lipinski definition) is 8. The van der Waals surface area contributed by atoms with Gasteiger partial charge in [-0.25, -0.2) is 8.42 Å². The number of aromatic nitrogens is 2. The highest BCUT2D eigenvalue weighted by Crippen LogP contribution is 2.08. The van der Waals surface area contributed by atoms with E-state index in [1.54, 1.807) is 5.01 Å². The minimum atomic E-state index is -3.18. The van der Waals surface area contributed by atoms with Crippen LogP contribution in [0.5, 0.6) is 0 Å². The molecule has 1 aliphatic heterocycles. The highest BCUT2D eigenvalue weighted by Gasteiger charge is 2.29. The fourth-order valence-corrected chi connectivity index (χ4v) is 2.91. The first-order valence-corrected chi connectivity index (χ1v) is 9.62. The Bertz CT molecular complexity index is 666. The zero-order chi connectivity index (χ0) is 17.7. The largest absolute Gasteiger partial charge is 0.600 e. The molecule has 1 aliphatic rings. The van der Waals surface area contributed by atoms with Crippen molar-refractivity contribution in [2.75, 3.05) is 44.1 Å². The Morgan fingerprint density at radius 3 is 2.75 bits per heavy atom. The van der Waals surface area contributed by atoms with Gasteiger partial charge < -0.3 is 9.84 Å². The minimum Gasteiger partial charge on any atom is -0.600 e. The molecule has 0 saturated carbocycles. The van der Waals surface area contributed by atoms with Gasteiger partial charge in [0, 0.05) is 13.1 Å². The zero-order valence-corrected chi connectivity index (χ0v) is 14.9. The Morgan fingerprint density at radius 1 is 1.50 bits per heavy atom. The van der Waals surface area contributed by atoms with Gasteiger partial charge in [-0.1, -0.05) is 20.3 Å². The number of piperazine rings is 1. The first-order chi connectivity index (χ1) is 11.3. The van der Waals surface area contributed by atoms with Crippen molar-refractivity contribution in [3.63, 3.8) is 0 Å². The lowest BCUT2D eigenvalue weighted by molar-refractivity contribution is -0.759. The van der Waals surface area contributed by atoms with E-state index in [-0.39, 0.29) is 11.8 Å². The zero-order valence-electron chi connectivity index (χ0n) is 14.1. The molecule has 0 N–H and O–H groups in total. The van der Waals surface area contributed by atoms with Gasteiger partial charge >= 0.3 is 5.88 Å². The van der Waals surface area contributed by atoms with Gasteiger partial charge in [-0.2, -0.15) is 14.3 Å². The lowest BCUT2D eigenvalue weighted by Gasteiger charge is -2.27. The topological polar surface area (TPSA) is 115 Å². The molecule has 2 heterocycles. The summed E-state index contributed by atoms with van der Waals surface area (Å²) in [5.74, 6) is 0.310. The lowest BCUT2D eigenvalue weighted by atomic mass is 10.1. The molecule has 1 aromatic heterocycles. The summed E-state index contributed by atoms with van der Waals surface area (Å²) in [5, 5.41) is 17.2. The average Bonchev–Trinajstić information content (AvgIpc) is 3.00. The van der Waals surface area contributed by atoms with E-state index in [9.17, 15) is 13.5 Å². The fourth-order valence-electron chi connectivity index (χ4n) is 2.08. The SMILES string of the molecule is CCC(C)COC([O-])=Nc1c[n+](N2CCN(S(C)(=O)=O)CC2)no1. The second-order valence-corrected chi connectivity index (χ2v) is 7.76. The average molecular weight is 361 g/mol. The first kappa shape index (κ1) is 18.5. The molecule has 0 aliphatic carbocycles. The Labute approximate surface area is 141 Å². The van der Waals surface area contributed by atoms with Crippen molar-refractivity contribution >= 4 is 22.0 Å². The van der Waals surface area contributed by atoms with Gasteiger partial charge in [0.25, 0.3) is 6.20 Å². The molecule has 0 amide bonds. The Balaban J connectivity index is 1.92. The van der Waals surface area contributed by atoms with Crippen LogP contribution in [0.1, 0.15) is 20.3 Å². The predicted molar refractivity (Wildman–Crippen MR) is 83.6 cm³/mol. The maximum Gasteiger partial charge on any atom is 0.326 e. The van der Waals surface area contributed by atoms with Gasteiger partial charge in [0.2, 0.25) is 15.3 Å². The predicted octanol–water partition coefficient (Wildman–Crippen LogP) is -1.41. The molecule has 1 aromatic rings. The molecule has 11 heteroatoms. The monoisotopic (exact) mass is 361 g/mol. The fraction of sp³-hybridized carbons (Fsp3) is 0.769. The molecule has 24 heavy (non-hydrogen) atoms. The van der Waals surface area contributed by atoms with Gasteiger partial charge in [0.1, 0.15) is 0 Å². The van der Waals surface area contributed by atoms with Crippen LogP contribution in [0.3, 0.4) is 0 Å². The lowest BCUT2D eigenvalue weighted by Crippen LogP contribution is -2.65. The van der Waals surface area contributed by atoms with Crippen LogP contribution >= 0.6 is 0 Å². The maximum absolute atomic E-state index is 11.6. The number of aliphatic imine (C=N–C) groups is 1. The summed E-state index contributed by atoms with van der Waals surface area (Å²) < 4.78 is 34.4. The summed E-state index contributed by atoms with van der Waals surface area (Å²) in [5.41, 5.74) is 0. The van der Waals surface area contributed by atoms with Crippen LogP contribution in [0, 0.1) is 5.92 Å². The van der Waals surface area contributed by atoms with Gasteiger partial charge in [0.15, 0.2) is 6.08 Å². The summed E-state index contributed by atoms with van der Waals surface area (Å²) in [7, 11) is -3.18. The van der Waals surface area contributed by atoms with E-state index in [2.05, 4.69) is 10.3 Å². The van der Waals surface area contributed by atoms with E-state index >= 15 is 0 Å². The molecule has 0 aromatic carbocycles. The van der Waals surface area contributed by atoms with Crippen LogP contribution < -0.4 is 14.9 Å². The van der Waals surface area contributed by atoms with Crippen LogP contribution in [0.2, 0.25) is 0 Å². The molecule has 1 fully saturated rings. The van der Waals surface area contributed by atoms with Crippen molar-refractivity contribution in [1.82, 2.24) is 9.58 Å². The van der Waals surface area contributed by atoms with Crippen LogP contribution in [0.25, 0.3) is 0 Å². The van der Waals surface area contributed by atoms with E-state index in [1.165, 1.54) is 21.5 Å². The van der Waals surface area contributed by atoms with Crippen LogP contribution in [-0.2, 0) is 14.8 Å². The van der Waals surface area contributed by atoms with Crippen molar-refractivity contribution in [3.05, 3.63) is 6.20 Å². The number of hydrogen-bond donors (Lipinski definition) is 0. The van der Waals surface area contributed by atoms with Crippen molar-refractivity contribution < 1.29 is 27.6 Å². The molecule has 1 unspecified atom stereocenters. The van der Waals surface area contributed by atoms with Crippen molar-refractivity contribution in [2.24, 2.45) is 10.9 Å². The second-order valence-electron chi connectivity index (χ2n) is 5.78. The minimum absolute atomic E-state index is 0.0368. The molecule has 0 spiro atoms. The Hall–Kier alpha value is -1.88. The smallest absolute Gasteiger partial charge is 0.326 e. The molecule has 0 bridgehead atoms. The van der Waals surface area contributed by atoms with Gasteiger partial charge in [-0.05, 0) is 12.5 Å². The normalized spacial score (nSPS) is 18.6. The highest BCUT2D eigenvalue weighted by atomic mass is 32.2. The molecule has 1 atom stereocenters. The third kappa shape index (κ3) is 5.06. The quantitative estimate of drug-likeness (QED) is 0.347. The number of ether oxygens (including phenoxy) is 1. The third-order valence-corrected chi connectivity index (χ3v) is 5.11. The summed E-state index contributed by atoms with van der Waals surface area (Å²) >= 11 is 0. The summed E-state index contributed by atoms with van der Waals surface area (Å²) in [6, 6.07) is 0. The van der Waals surface area contributed by atoms with Crippen LogP contribution in [0.4, 0.5) is 5.88 Å². The molecule has 136 valence electrons. The molecule has 2 rings (SSSR count). The summed E-state index contributed by atoms with van der Waals surface area (Å²) in [4.78, 5) is 5.11. The van der Waals surface area contributed by atoms with Crippen molar-refractivity contribution in [1.29, 1.82) is 0 Å². The standard InChI is InChI=1S/C13H23N5O5S/c1-4-11(2)10-22-13(19)14-12-9-18(15-23-12)16-5-7-17(8-6-16)24(3,20)21/h9,11H,4-8,10H2,1-3H3. The van der Waals surface area contributed by atoms with Crippen molar-refractivity contribution in [2.45, 2.75) is 20.3 Å². The first-order valence-electron chi connectivity index (χ1n) is 7.77.